The van der Waals surface area contributed by atoms with Crippen LogP contribution in [0.3, 0.4) is 0 Å². The van der Waals surface area contributed by atoms with E-state index >= 15 is 0 Å². The molecule has 2 rings (SSSR count). The monoisotopic (exact) mass is 272 g/mol. The molecule has 0 unspecified atom stereocenters. The van der Waals surface area contributed by atoms with Crippen LogP contribution in [0.1, 0.15) is 44.4 Å². The molecule has 0 saturated heterocycles. The number of hydrogen-bond donors (Lipinski definition) is 1. The van der Waals surface area contributed by atoms with Crippen molar-refractivity contribution in [2.45, 2.75) is 46.1 Å². The minimum absolute atomic E-state index is 0.709. The molecule has 0 bridgehead atoms. The summed E-state index contributed by atoms with van der Waals surface area (Å²) in [5.74, 6) is 0.709. The minimum Gasteiger partial charge on any atom is -0.444 e. The van der Waals surface area contributed by atoms with Crippen molar-refractivity contribution >= 4 is 0 Å². The third-order valence-corrected chi connectivity index (χ3v) is 3.30. The molecule has 3 nitrogen and oxygen atoms in total. The zero-order chi connectivity index (χ0) is 14.2. The van der Waals surface area contributed by atoms with Crippen LogP contribution in [0.25, 0.3) is 11.5 Å². The van der Waals surface area contributed by atoms with Crippen molar-refractivity contribution < 1.29 is 4.42 Å². The molecule has 20 heavy (non-hydrogen) atoms. The van der Waals surface area contributed by atoms with Gasteiger partial charge in [-0.15, -0.1) is 0 Å². The molecule has 0 aliphatic rings. The molecule has 0 atom stereocenters. The van der Waals surface area contributed by atoms with Crippen LogP contribution in [0, 0.1) is 0 Å². The number of oxazole rings is 1. The fraction of sp³-hybridized carbons (Fsp3) is 0.471. The fourth-order valence-corrected chi connectivity index (χ4v) is 2.11. The standard InChI is InChI=1S/C17H24N2O/c1-3-5-6-14-7-9-15(10-8-14)17-19-16(13-20-17)12-18-11-4-2/h7-10,13,18H,3-6,11-12H2,1-2H3. The molecule has 1 aromatic carbocycles. The lowest BCUT2D eigenvalue weighted by atomic mass is 10.1. The Labute approximate surface area is 121 Å². The molecule has 3 heteroatoms. The van der Waals surface area contributed by atoms with Crippen molar-refractivity contribution in [3.63, 3.8) is 0 Å². The Morgan fingerprint density at radius 1 is 1.10 bits per heavy atom. The molecule has 0 aliphatic carbocycles. The van der Waals surface area contributed by atoms with Crippen molar-refractivity contribution in [3.8, 4) is 11.5 Å². The quantitative estimate of drug-likeness (QED) is 0.732. The van der Waals surface area contributed by atoms with Crippen LogP contribution in [0.15, 0.2) is 34.9 Å². The average molecular weight is 272 g/mol. The minimum atomic E-state index is 0.709. The van der Waals surface area contributed by atoms with E-state index in [0.717, 1.165) is 37.2 Å². The second-order valence-corrected chi connectivity index (χ2v) is 5.12. The van der Waals surface area contributed by atoms with E-state index in [-0.39, 0.29) is 0 Å². The third-order valence-electron chi connectivity index (χ3n) is 3.30. The van der Waals surface area contributed by atoms with Crippen LogP contribution in [-0.4, -0.2) is 11.5 Å². The van der Waals surface area contributed by atoms with Crippen molar-refractivity contribution in [1.82, 2.24) is 10.3 Å². The highest BCUT2D eigenvalue weighted by atomic mass is 16.3. The van der Waals surface area contributed by atoms with Crippen molar-refractivity contribution in [2.75, 3.05) is 6.54 Å². The largest absolute Gasteiger partial charge is 0.444 e. The molecule has 0 radical (unpaired) electrons. The molecule has 0 aliphatic heterocycles. The van der Waals surface area contributed by atoms with Gasteiger partial charge in [0.15, 0.2) is 0 Å². The zero-order valence-corrected chi connectivity index (χ0v) is 12.5. The Morgan fingerprint density at radius 2 is 1.90 bits per heavy atom. The number of benzene rings is 1. The van der Waals surface area contributed by atoms with Gasteiger partial charge in [0.05, 0.1) is 5.69 Å². The second kappa shape index (κ2) is 7.85. The van der Waals surface area contributed by atoms with E-state index in [9.17, 15) is 0 Å². The molecule has 0 fully saturated rings. The van der Waals surface area contributed by atoms with Crippen LogP contribution in [-0.2, 0) is 13.0 Å². The number of aromatic nitrogens is 1. The van der Waals surface area contributed by atoms with Crippen LogP contribution in [0.4, 0.5) is 0 Å². The summed E-state index contributed by atoms with van der Waals surface area (Å²) >= 11 is 0. The smallest absolute Gasteiger partial charge is 0.226 e. The van der Waals surface area contributed by atoms with E-state index in [1.54, 1.807) is 6.26 Å². The maximum Gasteiger partial charge on any atom is 0.226 e. The first-order valence-electron chi connectivity index (χ1n) is 7.58. The summed E-state index contributed by atoms with van der Waals surface area (Å²) in [6.07, 6.45) is 6.49. The number of aryl methyl sites for hydroxylation is 1. The molecule has 0 amide bonds. The normalized spacial score (nSPS) is 10.9. The maximum absolute atomic E-state index is 5.55. The number of nitrogens with one attached hydrogen (secondary N) is 1. The van der Waals surface area contributed by atoms with Crippen molar-refractivity contribution in [1.29, 1.82) is 0 Å². The first kappa shape index (κ1) is 14.8. The van der Waals surface area contributed by atoms with Crippen molar-refractivity contribution in [2.24, 2.45) is 0 Å². The molecular formula is C17H24N2O. The van der Waals surface area contributed by atoms with Gasteiger partial charge < -0.3 is 9.73 Å². The predicted molar refractivity (Wildman–Crippen MR) is 82.5 cm³/mol. The summed E-state index contributed by atoms with van der Waals surface area (Å²) in [6, 6.07) is 8.54. The van der Waals surface area contributed by atoms with E-state index in [2.05, 4.69) is 48.4 Å². The lowest BCUT2D eigenvalue weighted by molar-refractivity contribution is 0.570. The van der Waals surface area contributed by atoms with Gasteiger partial charge in [-0.1, -0.05) is 32.4 Å². The van der Waals surface area contributed by atoms with Gasteiger partial charge in [0.25, 0.3) is 0 Å². The summed E-state index contributed by atoms with van der Waals surface area (Å²) < 4.78 is 5.55. The number of hydrogen-bond acceptors (Lipinski definition) is 3. The van der Waals surface area contributed by atoms with Gasteiger partial charge in [-0.2, -0.15) is 0 Å². The van der Waals surface area contributed by atoms with E-state index in [4.69, 9.17) is 4.42 Å². The molecule has 0 saturated carbocycles. The molecular weight excluding hydrogens is 248 g/mol. The highest BCUT2D eigenvalue weighted by Gasteiger charge is 2.06. The van der Waals surface area contributed by atoms with E-state index in [1.807, 2.05) is 0 Å². The lowest BCUT2D eigenvalue weighted by Gasteiger charge is -2.01. The van der Waals surface area contributed by atoms with E-state index < -0.39 is 0 Å². The van der Waals surface area contributed by atoms with Gasteiger partial charge >= 0.3 is 0 Å². The van der Waals surface area contributed by atoms with Gasteiger partial charge in [-0.3, -0.25) is 0 Å². The fourth-order valence-electron chi connectivity index (χ4n) is 2.11. The Morgan fingerprint density at radius 3 is 2.60 bits per heavy atom. The summed E-state index contributed by atoms with van der Waals surface area (Å²) in [5, 5.41) is 3.33. The number of unbranched alkanes of at least 4 members (excludes halogenated alkanes) is 1. The highest BCUT2D eigenvalue weighted by molar-refractivity contribution is 5.53. The predicted octanol–water partition coefficient (Wildman–Crippen LogP) is 4.18. The molecule has 1 aromatic heterocycles. The van der Waals surface area contributed by atoms with Crippen molar-refractivity contribution in [3.05, 3.63) is 41.8 Å². The summed E-state index contributed by atoms with van der Waals surface area (Å²) in [5.41, 5.74) is 3.39. The Kier molecular flexibility index (Phi) is 5.81. The summed E-state index contributed by atoms with van der Waals surface area (Å²) in [7, 11) is 0. The van der Waals surface area contributed by atoms with Gasteiger partial charge in [0.2, 0.25) is 5.89 Å². The number of nitrogens with zero attached hydrogens (tertiary/aromatic N) is 1. The molecule has 1 N–H and O–H groups in total. The SMILES string of the molecule is CCCCc1ccc(-c2nc(CNCCC)co2)cc1. The Bertz CT molecular complexity index is 502. The highest BCUT2D eigenvalue weighted by Crippen LogP contribution is 2.19. The third kappa shape index (κ3) is 4.20. The van der Waals surface area contributed by atoms with Crippen LogP contribution in [0.2, 0.25) is 0 Å². The summed E-state index contributed by atoms with van der Waals surface area (Å²) in [6.45, 7) is 6.15. The summed E-state index contributed by atoms with van der Waals surface area (Å²) in [4.78, 5) is 4.51. The first-order valence-corrected chi connectivity index (χ1v) is 7.58. The Hall–Kier alpha value is -1.61. The average Bonchev–Trinajstić information content (AvgIpc) is 2.95. The topological polar surface area (TPSA) is 38.1 Å². The first-order chi connectivity index (χ1) is 9.83. The Balaban J connectivity index is 1.97. The lowest BCUT2D eigenvalue weighted by Crippen LogP contribution is -2.13. The second-order valence-electron chi connectivity index (χ2n) is 5.12. The molecule has 108 valence electrons. The van der Waals surface area contributed by atoms with Gasteiger partial charge in [-0.05, 0) is 43.5 Å². The zero-order valence-electron chi connectivity index (χ0n) is 12.5. The van der Waals surface area contributed by atoms with E-state index in [1.165, 1.54) is 18.4 Å². The number of rotatable bonds is 8. The van der Waals surface area contributed by atoms with Gasteiger partial charge in [-0.25, -0.2) is 4.98 Å². The molecule has 0 spiro atoms. The van der Waals surface area contributed by atoms with Gasteiger partial charge in [0.1, 0.15) is 6.26 Å². The molecule has 1 heterocycles. The van der Waals surface area contributed by atoms with Gasteiger partial charge in [0, 0.05) is 12.1 Å². The van der Waals surface area contributed by atoms with E-state index in [0.29, 0.717) is 5.89 Å². The molecule has 2 aromatic rings. The maximum atomic E-state index is 5.55. The van der Waals surface area contributed by atoms with Crippen LogP contribution < -0.4 is 5.32 Å². The van der Waals surface area contributed by atoms with Crippen LogP contribution in [0.5, 0.6) is 0 Å². The van der Waals surface area contributed by atoms with Crippen LogP contribution >= 0.6 is 0 Å².